The average molecular weight is 600 g/mol. The standard InChI is InChI=1S/C31H38ClN3O5S/c1-6-23(4)33-31(37)24(5)34(20-25-10-8-22(3)9-11-25)30(36)21-35(27-14-16-28(17-15-27)40-7-2)41(38,39)29-18-12-26(32)13-19-29/h8-19,23-24H,6-7,20-21H2,1-5H3,(H,33,37)/t23-,24-/m1/s1. The van der Waals surface area contributed by atoms with Crippen molar-refractivity contribution in [1.82, 2.24) is 10.2 Å². The topological polar surface area (TPSA) is 96.0 Å². The Morgan fingerprint density at radius 1 is 0.927 bits per heavy atom. The maximum atomic E-state index is 14.0. The minimum Gasteiger partial charge on any atom is -0.494 e. The van der Waals surface area contributed by atoms with E-state index in [0.29, 0.717) is 17.4 Å². The summed E-state index contributed by atoms with van der Waals surface area (Å²) in [5.41, 5.74) is 2.16. The van der Waals surface area contributed by atoms with E-state index in [2.05, 4.69) is 5.32 Å². The summed E-state index contributed by atoms with van der Waals surface area (Å²) in [6, 6.07) is 19.0. The highest BCUT2D eigenvalue weighted by Gasteiger charge is 2.32. The first-order valence-electron chi connectivity index (χ1n) is 13.6. The molecular weight excluding hydrogens is 562 g/mol. The van der Waals surface area contributed by atoms with E-state index in [1.54, 1.807) is 31.2 Å². The smallest absolute Gasteiger partial charge is 0.264 e. The Balaban J connectivity index is 2.02. The Bertz CT molecular complexity index is 1410. The molecule has 0 bridgehead atoms. The Morgan fingerprint density at radius 2 is 1.54 bits per heavy atom. The second-order valence-corrected chi connectivity index (χ2v) is 12.2. The molecule has 0 saturated carbocycles. The van der Waals surface area contributed by atoms with Crippen molar-refractivity contribution >= 4 is 39.1 Å². The molecule has 2 atom stereocenters. The molecule has 10 heteroatoms. The van der Waals surface area contributed by atoms with Gasteiger partial charge in [0.25, 0.3) is 10.0 Å². The van der Waals surface area contributed by atoms with E-state index in [-0.39, 0.29) is 29.1 Å². The molecule has 0 heterocycles. The lowest BCUT2D eigenvalue weighted by Gasteiger charge is -2.32. The Labute approximate surface area is 248 Å². The van der Waals surface area contributed by atoms with Crippen LogP contribution in [0.3, 0.4) is 0 Å². The number of benzene rings is 3. The summed E-state index contributed by atoms with van der Waals surface area (Å²) < 4.78 is 34.4. The van der Waals surface area contributed by atoms with E-state index in [1.165, 1.54) is 29.2 Å². The highest BCUT2D eigenvalue weighted by atomic mass is 35.5. The van der Waals surface area contributed by atoms with Gasteiger partial charge in [0, 0.05) is 17.6 Å². The van der Waals surface area contributed by atoms with Crippen molar-refractivity contribution in [2.75, 3.05) is 17.5 Å². The quantitative estimate of drug-likeness (QED) is 0.277. The van der Waals surface area contributed by atoms with Gasteiger partial charge >= 0.3 is 0 Å². The molecule has 0 aliphatic heterocycles. The predicted molar refractivity (Wildman–Crippen MR) is 163 cm³/mol. The number of ether oxygens (including phenoxy) is 1. The summed E-state index contributed by atoms with van der Waals surface area (Å²) in [4.78, 5) is 28.5. The molecule has 0 aliphatic rings. The van der Waals surface area contributed by atoms with Gasteiger partial charge in [-0.3, -0.25) is 13.9 Å². The molecule has 8 nitrogen and oxygen atoms in total. The highest BCUT2D eigenvalue weighted by Crippen LogP contribution is 2.27. The Hall–Kier alpha value is -3.56. The van der Waals surface area contributed by atoms with Crippen molar-refractivity contribution in [2.24, 2.45) is 0 Å². The van der Waals surface area contributed by atoms with Crippen molar-refractivity contribution in [3.63, 3.8) is 0 Å². The van der Waals surface area contributed by atoms with Gasteiger partial charge in [0.15, 0.2) is 0 Å². The van der Waals surface area contributed by atoms with Crippen LogP contribution in [-0.4, -0.2) is 50.4 Å². The van der Waals surface area contributed by atoms with Crippen LogP contribution in [0, 0.1) is 6.92 Å². The fourth-order valence-electron chi connectivity index (χ4n) is 4.08. The average Bonchev–Trinajstić information content (AvgIpc) is 2.95. The van der Waals surface area contributed by atoms with E-state index < -0.39 is 28.5 Å². The van der Waals surface area contributed by atoms with Crippen molar-refractivity contribution in [1.29, 1.82) is 0 Å². The molecule has 0 fully saturated rings. The predicted octanol–water partition coefficient (Wildman–Crippen LogP) is 5.57. The van der Waals surface area contributed by atoms with Gasteiger partial charge in [-0.2, -0.15) is 0 Å². The minimum atomic E-state index is -4.19. The SMILES string of the molecule is CCOc1ccc(N(CC(=O)N(Cc2ccc(C)cc2)[C@H](C)C(=O)N[C@H](C)CC)S(=O)(=O)c2ccc(Cl)cc2)cc1. The summed E-state index contributed by atoms with van der Waals surface area (Å²) in [7, 11) is -4.19. The largest absolute Gasteiger partial charge is 0.494 e. The van der Waals surface area contributed by atoms with E-state index in [0.717, 1.165) is 21.9 Å². The van der Waals surface area contributed by atoms with Crippen molar-refractivity contribution < 1.29 is 22.7 Å². The van der Waals surface area contributed by atoms with Gasteiger partial charge in [-0.15, -0.1) is 0 Å². The minimum absolute atomic E-state index is 0.0174. The molecule has 2 amide bonds. The number of aryl methyl sites for hydroxylation is 1. The van der Waals surface area contributed by atoms with Gasteiger partial charge in [0.05, 0.1) is 17.2 Å². The number of nitrogens with zero attached hydrogens (tertiary/aromatic N) is 2. The molecule has 0 saturated heterocycles. The number of sulfonamides is 1. The lowest BCUT2D eigenvalue weighted by molar-refractivity contribution is -0.139. The highest BCUT2D eigenvalue weighted by molar-refractivity contribution is 7.92. The van der Waals surface area contributed by atoms with Crippen molar-refractivity contribution in [2.45, 2.75) is 64.6 Å². The zero-order valence-corrected chi connectivity index (χ0v) is 25.7. The normalized spacial score (nSPS) is 12.7. The monoisotopic (exact) mass is 599 g/mol. The summed E-state index contributed by atoms with van der Waals surface area (Å²) in [5, 5.41) is 3.32. The Morgan fingerprint density at radius 3 is 2.10 bits per heavy atom. The molecule has 3 aromatic rings. The van der Waals surface area contributed by atoms with Crippen LogP contribution in [0.25, 0.3) is 0 Å². The number of rotatable bonds is 13. The van der Waals surface area contributed by atoms with Gasteiger partial charge in [-0.1, -0.05) is 48.4 Å². The number of anilines is 1. The molecule has 220 valence electrons. The third kappa shape index (κ3) is 8.47. The molecule has 1 N–H and O–H groups in total. The molecular formula is C31H38ClN3O5S. The van der Waals surface area contributed by atoms with Crippen LogP contribution in [-0.2, 0) is 26.2 Å². The fourth-order valence-corrected chi connectivity index (χ4v) is 5.62. The number of carbonyl (C=O) groups excluding carboxylic acids is 2. The van der Waals surface area contributed by atoms with Crippen molar-refractivity contribution in [3.8, 4) is 5.75 Å². The first-order chi connectivity index (χ1) is 19.5. The lowest BCUT2D eigenvalue weighted by Crippen LogP contribution is -2.52. The van der Waals surface area contributed by atoms with Crippen LogP contribution in [0.5, 0.6) is 5.75 Å². The first kappa shape index (κ1) is 32.0. The van der Waals surface area contributed by atoms with Crippen molar-refractivity contribution in [3.05, 3.63) is 88.9 Å². The van der Waals surface area contributed by atoms with Gasteiger partial charge in [-0.05, 0) is 88.2 Å². The van der Waals surface area contributed by atoms with E-state index >= 15 is 0 Å². The molecule has 0 radical (unpaired) electrons. The number of carbonyl (C=O) groups is 2. The molecule has 0 spiro atoms. The molecule has 3 rings (SSSR count). The van der Waals surface area contributed by atoms with Crippen LogP contribution >= 0.6 is 11.6 Å². The third-order valence-electron chi connectivity index (χ3n) is 6.76. The second-order valence-electron chi connectivity index (χ2n) is 9.89. The van der Waals surface area contributed by atoms with E-state index in [1.807, 2.05) is 52.0 Å². The number of nitrogens with one attached hydrogen (secondary N) is 1. The first-order valence-corrected chi connectivity index (χ1v) is 15.4. The summed E-state index contributed by atoms with van der Waals surface area (Å²) >= 11 is 6.01. The van der Waals surface area contributed by atoms with Gasteiger partial charge < -0.3 is 15.0 Å². The van der Waals surface area contributed by atoms with Crippen LogP contribution in [0.15, 0.2) is 77.7 Å². The molecule has 0 aliphatic carbocycles. The molecule has 0 aromatic heterocycles. The Kier molecular flexibility index (Phi) is 11.2. The molecule has 0 unspecified atom stereocenters. The number of amides is 2. The van der Waals surface area contributed by atoms with Gasteiger partial charge in [0.2, 0.25) is 11.8 Å². The summed E-state index contributed by atoms with van der Waals surface area (Å²) in [6.07, 6.45) is 0.731. The zero-order chi connectivity index (χ0) is 30.2. The summed E-state index contributed by atoms with van der Waals surface area (Å²) in [6.45, 7) is 9.38. The number of halogens is 1. The van der Waals surface area contributed by atoms with Crippen LogP contribution in [0.4, 0.5) is 5.69 Å². The van der Waals surface area contributed by atoms with Gasteiger partial charge in [0.1, 0.15) is 18.3 Å². The van der Waals surface area contributed by atoms with Gasteiger partial charge in [-0.25, -0.2) is 8.42 Å². The van der Waals surface area contributed by atoms with E-state index in [4.69, 9.17) is 16.3 Å². The maximum Gasteiger partial charge on any atom is 0.264 e. The maximum absolute atomic E-state index is 14.0. The zero-order valence-electron chi connectivity index (χ0n) is 24.1. The number of hydrogen-bond donors (Lipinski definition) is 1. The number of hydrogen-bond acceptors (Lipinski definition) is 5. The molecule has 3 aromatic carbocycles. The van der Waals surface area contributed by atoms with Crippen LogP contribution in [0.1, 0.15) is 45.2 Å². The third-order valence-corrected chi connectivity index (χ3v) is 8.80. The second kappa shape index (κ2) is 14.4. The summed E-state index contributed by atoms with van der Waals surface area (Å²) in [5.74, 6) is -0.264. The fraction of sp³-hybridized carbons (Fsp3) is 0.355. The van der Waals surface area contributed by atoms with E-state index in [9.17, 15) is 18.0 Å². The van der Waals surface area contributed by atoms with Crippen LogP contribution < -0.4 is 14.4 Å². The lowest BCUT2D eigenvalue weighted by atomic mass is 10.1. The molecule has 41 heavy (non-hydrogen) atoms. The van der Waals surface area contributed by atoms with Crippen LogP contribution in [0.2, 0.25) is 5.02 Å².